The van der Waals surface area contributed by atoms with Crippen molar-refractivity contribution >= 4 is 22.4 Å². The second-order valence-electron chi connectivity index (χ2n) is 5.48. The summed E-state index contributed by atoms with van der Waals surface area (Å²) in [6, 6.07) is 0.909. The van der Waals surface area contributed by atoms with Crippen LogP contribution >= 0.6 is 11.3 Å². The van der Waals surface area contributed by atoms with E-state index >= 15 is 0 Å². The van der Waals surface area contributed by atoms with Gasteiger partial charge >= 0.3 is 6.18 Å². The van der Waals surface area contributed by atoms with Crippen LogP contribution in [0.1, 0.15) is 28.9 Å². The molecule has 0 aliphatic carbocycles. The first kappa shape index (κ1) is 16.7. The fourth-order valence-corrected chi connectivity index (χ4v) is 3.36. The van der Waals surface area contributed by atoms with E-state index in [2.05, 4.69) is 9.97 Å². The Hall–Kier alpha value is -2.16. The molecule has 5 nitrogen and oxygen atoms in total. The first-order valence-corrected chi connectivity index (χ1v) is 8.18. The maximum absolute atomic E-state index is 13.3. The lowest BCUT2D eigenvalue weighted by Gasteiger charge is -2.08. The van der Waals surface area contributed by atoms with Crippen LogP contribution in [0.5, 0.6) is 0 Å². The SMILES string of the molecule is CCc1nc(Cn2c(=O)c3c(C(F)(F)F)cc(C)nc3n2C)cs1. The number of aryl methyl sites for hydroxylation is 3. The molecule has 0 aliphatic rings. The molecule has 0 saturated carbocycles. The third-order valence-corrected chi connectivity index (χ3v) is 4.81. The first-order chi connectivity index (χ1) is 11.2. The molecule has 3 heterocycles. The summed E-state index contributed by atoms with van der Waals surface area (Å²) >= 11 is 1.47. The van der Waals surface area contributed by atoms with Crippen molar-refractivity contribution in [1.29, 1.82) is 0 Å². The van der Waals surface area contributed by atoms with Crippen molar-refractivity contribution in [1.82, 2.24) is 19.3 Å². The number of hydrogen-bond acceptors (Lipinski definition) is 4. The van der Waals surface area contributed by atoms with Gasteiger partial charge in [-0.3, -0.25) is 9.48 Å². The molecular formula is C15H15F3N4OS. The zero-order chi connectivity index (χ0) is 17.6. The second kappa shape index (κ2) is 5.73. The Morgan fingerprint density at radius 3 is 2.58 bits per heavy atom. The summed E-state index contributed by atoms with van der Waals surface area (Å²) < 4.78 is 42.5. The maximum atomic E-state index is 13.3. The van der Waals surface area contributed by atoms with Gasteiger partial charge in [0.05, 0.1) is 28.2 Å². The topological polar surface area (TPSA) is 52.7 Å². The van der Waals surface area contributed by atoms with Gasteiger partial charge in [0, 0.05) is 18.1 Å². The maximum Gasteiger partial charge on any atom is 0.417 e. The van der Waals surface area contributed by atoms with E-state index in [0.717, 1.165) is 17.5 Å². The number of thiazole rings is 1. The van der Waals surface area contributed by atoms with Crippen LogP contribution in [0.25, 0.3) is 11.0 Å². The molecule has 24 heavy (non-hydrogen) atoms. The number of halogens is 3. The summed E-state index contributed by atoms with van der Waals surface area (Å²) in [5.74, 6) is 0. The van der Waals surface area contributed by atoms with Gasteiger partial charge in [-0.05, 0) is 19.4 Å². The summed E-state index contributed by atoms with van der Waals surface area (Å²) in [6.45, 7) is 3.55. The minimum absolute atomic E-state index is 0.0262. The number of pyridine rings is 1. The lowest BCUT2D eigenvalue weighted by Crippen LogP contribution is -2.23. The van der Waals surface area contributed by atoms with Gasteiger partial charge in [0.25, 0.3) is 5.56 Å². The average Bonchev–Trinajstić information content (AvgIpc) is 3.05. The smallest absolute Gasteiger partial charge is 0.268 e. The molecule has 3 rings (SSSR count). The Balaban J connectivity index is 2.21. The molecule has 3 aromatic heterocycles. The fourth-order valence-electron chi connectivity index (χ4n) is 2.62. The van der Waals surface area contributed by atoms with Crippen molar-refractivity contribution in [2.75, 3.05) is 0 Å². The number of nitrogens with zero attached hydrogens (tertiary/aromatic N) is 4. The Labute approximate surface area is 139 Å². The molecule has 128 valence electrons. The van der Waals surface area contributed by atoms with E-state index in [1.54, 1.807) is 0 Å². The van der Waals surface area contributed by atoms with Crippen LogP contribution in [0.15, 0.2) is 16.2 Å². The van der Waals surface area contributed by atoms with Crippen LogP contribution in [0, 0.1) is 6.92 Å². The molecule has 0 atom stereocenters. The largest absolute Gasteiger partial charge is 0.417 e. The molecule has 0 aromatic carbocycles. The number of alkyl halides is 3. The molecule has 3 aromatic rings. The normalized spacial score (nSPS) is 12.2. The van der Waals surface area contributed by atoms with Crippen molar-refractivity contribution in [2.24, 2.45) is 7.05 Å². The lowest BCUT2D eigenvalue weighted by molar-refractivity contribution is -0.136. The van der Waals surface area contributed by atoms with Crippen LogP contribution in [-0.4, -0.2) is 19.3 Å². The Morgan fingerprint density at radius 1 is 1.29 bits per heavy atom. The molecule has 0 aliphatic heterocycles. The van der Waals surface area contributed by atoms with Crippen molar-refractivity contribution in [3.63, 3.8) is 0 Å². The highest BCUT2D eigenvalue weighted by molar-refractivity contribution is 7.09. The van der Waals surface area contributed by atoms with E-state index in [-0.39, 0.29) is 17.9 Å². The highest BCUT2D eigenvalue weighted by Crippen LogP contribution is 2.33. The zero-order valence-electron chi connectivity index (χ0n) is 13.3. The average molecular weight is 356 g/mol. The number of hydrogen-bond donors (Lipinski definition) is 0. The fraction of sp³-hybridized carbons (Fsp3) is 0.400. The predicted molar refractivity (Wildman–Crippen MR) is 85.3 cm³/mol. The van der Waals surface area contributed by atoms with Gasteiger partial charge < -0.3 is 0 Å². The third-order valence-electron chi connectivity index (χ3n) is 3.76. The molecule has 0 N–H and O–H groups in total. The number of fused-ring (bicyclic) bond motifs is 1. The highest BCUT2D eigenvalue weighted by atomic mass is 32.1. The van der Waals surface area contributed by atoms with E-state index in [9.17, 15) is 18.0 Å². The standard InChI is InChI=1S/C15H15F3N4OS/c1-4-11-20-9(7-24-11)6-22-14(23)12-10(15(16,17)18)5-8(2)19-13(12)21(22)3/h5,7H,4,6H2,1-3H3. The quantitative estimate of drug-likeness (QED) is 0.724. The van der Waals surface area contributed by atoms with Gasteiger partial charge in [-0.25, -0.2) is 14.6 Å². The van der Waals surface area contributed by atoms with E-state index < -0.39 is 22.7 Å². The molecule has 0 radical (unpaired) electrons. The van der Waals surface area contributed by atoms with Crippen LogP contribution < -0.4 is 5.56 Å². The van der Waals surface area contributed by atoms with Gasteiger partial charge in [-0.2, -0.15) is 13.2 Å². The Kier molecular flexibility index (Phi) is 3.98. The van der Waals surface area contributed by atoms with Crippen LogP contribution in [0.4, 0.5) is 13.2 Å². The number of rotatable bonds is 3. The van der Waals surface area contributed by atoms with E-state index in [1.807, 2.05) is 12.3 Å². The second-order valence-corrected chi connectivity index (χ2v) is 6.42. The van der Waals surface area contributed by atoms with E-state index in [4.69, 9.17) is 0 Å². The summed E-state index contributed by atoms with van der Waals surface area (Å²) in [7, 11) is 1.53. The molecular weight excluding hydrogens is 341 g/mol. The van der Waals surface area contributed by atoms with Gasteiger partial charge in [0.2, 0.25) is 0 Å². The molecule has 0 spiro atoms. The first-order valence-electron chi connectivity index (χ1n) is 7.30. The van der Waals surface area contributed by atoms with Crippen LogP contribution in [-0.2, 0) is 26.2 Å². The van der Waals surface area contributed by atoms with Crippen LogP contribution in [0.2, 0.25) is 0 Å². The Bertz CT molecular complexity index is 968. The Morgan fingerprint density at radius 2 is 2.00 bits per heavy atom. The van der Waals surface area contributed by atoms with Gasteiger partial charge in [-0.15, -0.1) is 11.3 Å². The van der Waals surface area contributed by atoms with Gasteiger partial charge in [0.1, 0.15) is 0 Å². The van der Waals surface area contributed by atoms with E-state index in [1.165, 1.54) is 34.7 Å². The zero-order valence-corrected chi connectivity index (χ0v) is 14.1. The van der Waals surface area contributed by atoms with Crippen molar-refractivity contribution in [2.45, 2.75) is 33.0 Å². The summed E-state index contributed by atoms with van der Waals surface area (Å²) in [6.07, 6.45) is -3.84. The number of aromatic nitrogens is 4. The summed E-state index contributed by atoms with van der Waals surface area (Å²) in [5.41, 5.74) is -0.770. The van der Waals surface area contributed by atoms with Crippen LogP contribution in [0.3, 0.4) is 0 Å². The van der Waals surface area contributed by atoms with Crippen molar-refractivity contribution < 1.29 is 13.2 Å². The van der Waals surface area contributed by atoms with E-state index in [0.29, 0.717) is 5.69 Å². The van der Waals surface area contributed by atoms with Gasteiger partial charge in [-0.1, -0.05) is 6.92 Å². The molecule has 0 unspecified atom stereocenters. The molecule has 0 amide bonds. The van der Waals surface area contributed by atoms with Crippen molar-refractivity contribution in [3.05, 3.63) is 43.8 Å². The minimum Gasteiger partial charge on any atom is -0.268 e. The molecule has 0 fully saturated rings. The predicted octanol–water partition coefficient (Wildman–Crippen LogP) is 3.13. The highest BCUT2D eigenvalue weighted by Gasteiger charge is 2.36. The summed E-state index contributed by atoms with van der Waals surface area (Å²) in [5, 5.41) is 2.33. The van der Waals surface area contributed by atoms with Crippen molar-refractivity contribution in [3.8, 4) is 0 Å². The molecule has 0 bridgehead atoms. The molecule has 0 saturated heterocycles. The molecule has 9 heteroatoms. The monoisotopic (exact) mass is 356 g/mol. The third kappa shape index (κ3) is 2.72. The lowest BCUT2D eigenvalue weighted by atomic mass is 10.1. The minimum atomic E-state index is -4.61. The summed E-state index contributed by atoms with van der Waals surface area (Å²) in [4.78, 5) is 21.1. The van der Waals surface area contributed by atoms with Gasteiger partial charge in [0.15, 0.2) is 5.65 Å².